The van der Waals surface area contributed by atoms with Crippen LogP contribution >= 0.6 is 27.5 Å². The summed E-state index contributed by atoms with van der Waals surface area (Å²) in [5.74, 6) is -0.646. The second kappa shape index (κ2) is 7.47. The van der Waals surface area contributed by atoms with Gasteiger partial charge in [0.1, 0.15) is 0 Å². The fourth-order valence-corrected chi connectivity index (χ4v) is 2.09. The first-order chi connectivity index (χ1) is 8.92. The number of esters is 1. The zero-order chi connectivity index (χ0) is 14.4. The molecule has 1 aromatic carbocycles. The highest BCUT2D eigenvalue weighted by Crippen LogP contribution is 2.25. The normalized spacial score (nSPS) is 10.4. The van der Waals surface area contributed by atoms with Gasteiger partial charge in [0.15, 0.2) is 0 Å². The number of amides is 1. The molecule has 19 heavy (non-hydrogen) atoms. The molecular weight excluding hydrogens is 336 g/mol. The van der Waals surface area contributed by atoms with Crippen LogP contribution in [0.5, 0.6) is 0 Å². The molecule has 5 nitrogen and oxygen atoms in total. The Bertz CT molecular complexity index is 482. The van der Waals surface area contributed by atoms with E-state index in [0.29, 0.717) is 10.7 Å². The number of anilines is 1. The Morgan fingerprint density at radius 2 is 2.11 bits per heavy atom. The predicted octanol–water partition coefficient (Wildman–Crippen LogP) is 2.15. The van der Waals surface area contributed by atoms with Crippen molar-refractivity contribution < 1.29 is 14.3 Å². The van der Waals surface area contributed by atoms with Crippen molar-refractivity contribution in [3.63, 3.8) is 0 Å². The molecular formula is C12H14BrClN2O3. The number of ether oxygens (including phenoxy) is 1. The molecule has 1 N–H and O–H groups in total. The van der Waals surface area contributed by atoms with Gasteiger partial charge in [-0.3, -0.25) is 14.5 Å². The van der Waals surface area contributed by atoms with E-state index < -0.39 is 5.97 Å². The van der Waals surface area contributed by atoms with Crippen LogP contribution in [0.2, 0.25) is 5.02 Å². The first-order valence-electron chi connectivity index (χ1n) is 5.42. The number of likely N-dealkylation sites (N-methyl/N-ethyl adjacent to an activating group) is 1. The van der Waals surface area contributed by atoms with Crippen LogP contribution in [0.4, 0.5) is 5.69 Å². The minimum absolute atomic E-state index is 0.0536. The molecule has 0 radical (unpaired) electrons. The molecule has 0 spiro atoms. The number of methoxy groups -OCH3 is 1. The van der Waals surface area contributed by atoms with Gasteiger partial charge in [0, 0.05) is 4.47 Å². The molecule has 1 rings (SSSR count). The zero-order valence-corrected chi connectivity index (χ0v) is 12.9. The molecule has 0 heterocycles. The molecule has 104 valence electrons. The monoisotopic (exact) mass is 348 g/mol. The first-order valence-corrected chi connectivity index (χ1v) is 6.59. The summed E-state index contributed by atoms with van der Waals surface area (Å²) in [6, 6.07) is 5.17. The molecule has 0 bridgehead atoms. The van der Waals surface area contributed by atoms with Gasteiger partial charge in [-0.05, 0) is 25.2 Å². The van der Waals surface area contributed by atoms with Gasteiger partial charge in [-0.25, -0.2) is 0 Å². The standard InChI is InChI=1S/C12H14BrClN2O3/c1-16(7-12(18)19-2)6-11(17)15-10-4-3-8(13)5-9(10)14/h3-5H,6-7H2,1-2H3,(H,15,17). The van der Waals surface area contributed by atoms with Crippen LogP contribution in [0.15, 0.2) is 22.7 Å². The lowest BCUT2D eigenvalue weighted by Gasteiger charge is -2.15. The molecule has 7 heteroatoms. The summed E-state index contributed by atoms with van der Waals surface area (Å²) in [5, 5.41) is 3.12. The molecule has 0 aliphatic carbocycles. The van der Waals surface area contributed by atoms with Crippen molar-refractivity contribution >= 4 is 45.1 Å². The van der Waals surface area contributed by atoms with Crippen LogP contribution in [-0.4, -0.2) is 44.0 Å². The van der Waals surface area contributed by atoms with Gasteiger partial charge in [0.05, 0.1) is 30.9 Å². The smallest absolute Gasteiger partial charge is 0.319 e. The quantitative estimate of drug-likeness (QED) is 0.828. The minimum atomic E-state index is -0.392. The summed E-state index contributed by atoms with van der Waals surface area (Å²) in [6.45, 7) is 0.124. The fraction of sp³-hybridized carbons (Fsp3) is 0.333. The molecule has 1 amide bonds. The predicted molar refractivity (Wildman–Crippen MR) is 77.3 cm³/mol. The average Bonchev–Trinajstić information content (AvgIpc) is 2.32. The molecule has 0 unspecified atom stereocenters. The van der Waals surface area contributed by atoms with Gasteiger partial charge in [-0.15, -0.1) is 0 Å². The van der Waals surface area contributed by atoms with Crippen LogP contribution in [0.25, 0.3) is 0 Å². The van der Waals surface area contributed by atoms with E-state index in [0.717, 1.165) is 4.47 Å². The maximum absolute atomic E-state index is 11.8. The van der Waals surface area contributed by atoms with Crippen LogP contribution in [0.1, 0.15) is 0 Å². The highest BCUT2D eigenvalue weighted by molar-refractivity contribution is 9.10. The Morgan fingerprint density at radius 3 is 2.68 bits per heavy atom. The number of nitrogens with zero attached hydrogens (tertiary/aromatic N) is 1. The van der Waals surface area contributed by atoms with Crippen molar-refractivity contribution in [2.45, 2.75) is 0 Å². The number of halogens is 2. The van der Waals surface area contributed by atoms with E-state index in [9.17, 15) is 9.59 Å². The minimum Gasteiger partial charge on any atom is -0.468 e. The topological polar surface area (TPSA) is 58.6 Å². The lowest BCUT2D eigenvalue weighted by Crippen LogP contribution is -2.34. The number of hydrogen-bond donors (Lipinski definition) is 1. The second-order valence-electron chi connectivity index (χ2n) is 3.92. The Morgan fingerprint density at radius 1 is 1.42 bits per heavy atom. The maximum atomic E-state index is 11.8. The van der Waals surface area contributed by atoms with Crippen molar-refractivity contribution in [2.75, 3.05) is 32.6 Å². The number of nitrogens with one attached hydrogen (secondary N) is 1. The molecule has 1 aromatic rings. The number of rotatable bonds is 5. The van der Waals surface area contributed by atoms with Crippen molar-refractivity contribution in [1.82, 2.24) is 4.90 Å². The number of carbonyl (C=O) groups excluding carboxylic acids is 2. The van der Waals surface area contributed by atoms with E-state index in [1.165, 1.54) is 7.11 Å². The second-order valence-corrected chi connectivity index (χ2v) is 5.24. The van der Waals surface area contributed by atoms with Crippen molar-refractivity contribution in [3.05, 3.63) is 27.7 Å². The van der Waals surface area contributed by atoms with Gasteiger partial charge in [0.25, 0.3) is 0 Å². The van der Waals surface area contributed by atoms with Gasteiger partial charge < -0.3 is 10.1 Å². The summed E-state index contributed by atoms with van der Waals surface area (Å²) in [7, 11) is 2.96. The Hall–Kier alpha value is -1.11. The van der Waals surface area contributed by atoms with E-state index in [2.05, 4.69) is 26.0 Å². The van der Waals surface area contributed by atoms with Crippen molar-refractivity contribution in [2.24, 2.45) is 0 Å². The Balaban J connectivity index is 2.53. The number of carbonyl (C=O) groups is 2. The maximum Gasteiger partial charge on any atom is 0.319 e. The van der Waals surface area contributed by atoms with Gasteiger partial charge in [0.2, 0.25) is 5.91 Å². The Kier molecular flexibility index (Phi) is 6.27. The highest BCUT2D eigenvalue weighted by Gasteiger charge is 2.12. The van der Waals surface area contributed by atoms with Crippen LogP contribution in [0.3, 0.4) is 0 Å². The summed E-state index contributed by atoms with van der Waals surface area (Å²) < 4.78 is 5.35. The van der Waals surface area contributed by atoms with Gasteiger partial charge in [-0.2, -0.15) is 0 Å². The van der Waals surface area contributed by atoms with E-state index in [4.69, 9.17) is 11.6 Å². The van der Waals surface area contributed by atoms with E-state index in [1.54, 1.807) is 30.1 Å². The molecule has 0 aliphatic heterocycles. The van der Waals surface area contributed by atoms with E-state index in [-0.39, 0.29) is 19.0 Å². The zero-order valence-electron chi connectivity index (χ0n) is 10.6. The number of benzene rings is 1. The van der Waals surface area contributed by atoms with Crippen molar-refractivity contribution in [1.29, 1.82) is 0 Å². The summed E-state index contributed by atoms with van der Waals surface area (Å²) in [5.41, 5.74) is 0.529. The molecule has 0 aromatic heterocycles. The van der Waals surface area contributed by atoms with Crippen LogP contribution in [-0.2, 0) is 14.3 Å². The molecule has 0 aliphatic rings. The lowest BCUT2D eigenvalue weighted by molar-refractivity contribution is -0.141. The van der Waals surface area contributed by atoms with E-state index in [1.807, 2.05) is 0 Å². The third kappa shape index (κ3) is 5.59. The van der Waals surface area contributed by atoms with Gasteiger partial charge >= 0.3 is 5.97 Å². The fourth-order valence-electron chi connectivity index (χ4n) is 1.37. The molecule has 0 fully saturated rings. The van der Waals surface area contributed by atoms with Crippen LogP contribution in [0, 0.1) is 0 Å². The molecule has 0 saturated carbocycles. The van der Waals surface area contributed by atoms with Gasteiger partial charge in [-0.1, -0.05) is 27.5 Å². The number of hydrogen-bond acceptors (Lipinski definition) is 4. The summed E-state index contributed by atoms with van der Waals surface area (Å²) >= 11 is 9.27. The highest BCUT2D eigenvalue weighted by atomic mass is 79.9. The third-order valence-corrected chi connectivity index (χ3v) is 3.05. The average molecular weight is 350 g/mol. The van der Waals surface area contributed by atoms with Crippen LogP contribution < -0.4 is 5.32 Å². The summed E-state index contributed by atoms with van der Waals surface area (Å²) in [4.78, 5) is 24.3. The largest absolute Gasteiger partial charge is 0.468 e. The van der Waals surface area contributed by atoms with Crippen molar-refractivity contribution in [3.8, 4) is 0 Å². The third-order valence-electron chi connectivity index (χ3n) is 2.25. The van der Waals surface area contributed by atoms with E-state index >= 15 is 0 Å². The molecule has 0 saturated heterocycles. The first kappa shape index (κ1) is 15.9. The Labute approximate surface area is 125 Å². The lowest BCUT2D eigenvalue weighted by atomic mass is 10.3. The molecule has 0 atom stereocenters. The summed E-state index contributed by atoms with van der Waals surface area (Å²) in [6.07, 6.45) is 0. The SMILES string of the molecule is COC(=O)CN(C)CC(=O)Nc1ccc(Br)cc1Cl.